The van der Waals surface area contributed by atoms with Gasteiger partial charge < -0.3 is 14.7 Å². The van der Waals surface area contributed by atoms with Gasteiger partial charge in [0.15, 0.2) is 0 Å². The van der Waals surface area contributed by atoms with E-state index >= 15 is 0 Å². The van der Waals surface area contributed by atoms with Crippen LogP contribution >= 0.6 is 0 Å². The Bertz CT molecular complexity index is 771. The van der Waals surface area contributed by atoms with E-state index in [2.05, 4.69) is 40.9 Å². The number of fused-ring (bicyclic) bond motifs is 1. The fourth-order valence-corrected chi connectivity index (χ4v) is 3.48. The van der Waals surface area contributed by atoms with Crippen molar-refractivity contribution in [3.63, 3.8) is 0 Å². The van der Waals surface area contributed by atoms with Crippen LogP contribution in [0.1, 0.15) is 34.6 Å². The summed E-state index contributed by atoms with van der Waals surface area (Å²) in [5.41, 5.74) is 2.62. The molecule has 2 aliphatic rings. The minimum absolute atomic E-state index is 0.0231. The third-order valence-corrected chi connectivity index (χ3v) is 5.20. The van der Waals surface area contributed by atoms with E-state index in [1.165, 1.54) is 0 Å². The Kier molecular flexibility index (Phi) is 4.13. The lowest BCUT2D eigenvalue weighted by Crippen LogP contribution is -2.45. The first-order valence-electron chi connectivity index (χ1n) is 8.79. The summed E-state index contributed by atoms with van der Waals surface area (Å²) >= 11 is 0. The molecule has 0 aliphatic carbocycles. The van der Waals surface area contributed by atoms with Gasteiger partial charge in [-0.05, 0) is 19.5 Å². The van der Waals surface area contributed by atoms with Crippen molar-refractivity contribution >= 4 is 11.9 Å². The number of likely N-dealkylation sites (N-methyl/N-ethyl adjacent to an activating group) is 1. The number of hydrogen-bond donors (Lipinski definition) is 0. The van der Waals surface area contributed by atoms with Crippen molar-refractivity contribution < 1.29 is 4.79 Å². The summed E-state index contributed by atoms with van der Waals surface area (Å²) in [6.07, 6.45) is 1.70. The molecule has 0 radical (unpaired) electrons. The average molecular weight is 337 g/mol. The number of hydrogen-bond acceptors (Lipinski definition) is 5. The zero-order chi connectivity index (χ0) is 17.4. The highest BCUT2D eigenvalue weighted by molar-refractivity contribution is 5.97. The summed E-state index contributed by atoms with van der Waals surface area (Å²) in [5, 5.41) is 0. The van der Waals surface area contributed by atoms with E-state index in [0.29, 0.717) is 12.1 Å². The summed E-state index contributed by atoms with van der Waals surface area (Å²) in [7, 11) is 2.13. The first-order valence-corrected chi connectivity index (χ1v) is 8.79. The van der Waals surface area contributed by atoms with E-state index in [1.54, 1.807) is 6.20 Å². The summed E-state index contributed by atoms with van der Waals surface area (Å²) in [5.74, 6) is 0.769. The van der Waals surface area contributed by atoms with E-state index in [4.69, 9.17) is 4.98 Å². The fourth-order valence-electron chi connectivity index (χ4n) is 3.48. The van der Waals surface area contributed by atoms with Crippen LogP contribution in [-0.4, -0.2) is 58.9 Å². The van der Waals surface area contributed by atoms with Gasteiger partial charge in [-0.2, -0.15) is 0 Å². The minimum atomic E-state index is 0.0231. The van der Waals surface area contributed by atoms with Crippen molar-refractivity contribution in [3.05, 3.63) is 53.3 Å². The molecule has 6 nitrogen and oxygen atoms in total. The van der Waals surface area contributed by atoms with Crippen LogP contribution in [-0.2, 0) is 6.54 Å². The number of benzene rings is 1. The Hall–Kier alpha value is -2.47. The molecule has 130 valence electrons. The number of anilines is 1. The van der Waals surface area contributed by atoms with Gasteiger partial charge in [0, 0.05) is 32.4 Å². The van der Waals surface area contributed by atoms with Crippen molar-refractivity contribution in [3.8, 4) is 0 Å². The molecule has 0 spiro atoms. The van der Waals surface area contributed by atoms with Gasteiger partial charge in [-0.15, -0.1) is 0 Å². The predicted octanol–water partition coefficient (Wildman–Crippen LogP) is 1.95. The molecule has 1 saturated heterocycles. The highest BCUT2D eigenvalue weighted by Crippen LogP contribution is 2.30. The van der Waals surface area contributed by atoms with Gasteiger partial charge in [0.05, 0.1) is 23.8 Å². The zero-order valence-electron chi connectivity index (χ0n) is 14.7. The first-order chi connectivity index (χ1) is 12.1. The molecule has 0 N–H and O–H groups in total. The average Bonchev–Trinajstić information content (AvgIpc) is 2.98. The van der Waals surface area contributed by atoms with Crippen LogP contribution in [0.4, 0.5) is 5.95 Å². The molecular weight excluding hydrogens is 314 g/mol. The highest BCUT2D eigenvalue weighted by Gasteiger charge is 2.33. The van der Waals surface area contributed by atoms with E-state index < -0.39 is 0 Å². The van der Waals surface area contributed by atoms with E-state index in [0.717, 1.165) is 43.4 Å². The van der Waals surface area contributed by atoms with E-state index in [1.807, 2.05) is 23.1 Å². The van der Waals surface area contributed by atoms with Crippen LogP contribution in [0, 0.1) is 0 Å². The Labute approximate surface area is 148 Å². The maximum atomic E-state index is 12.8. The molecule has 1 amide bonds. The summed E-state index contributed by atoms with van der Waals surface area (Å²) in [4.78, 5) is 28.3. The molecule has 2 aromatic rings. The second-order valence-corrected chi connectivity index (χ2v) is 6.84. The lowest BCUT2D eigenvalue weighted by molar-refractivity contribution is 0.0715. The SMILES string of the molecule is CC(c1ccccc1)N1Cc2nc(N3CCN(C)CC3)ncc2C1=O. The molecule has 1 unspecified atom stereocenters. The molecule has 1 atom stereocenters. The van der Waals surface area contributed by atoms with Gasteiger partial charge >= 0.3 is 0 Å². The normalized spacial score (nSPS) is 19.2. The van der Waals surface area contributed by atoms with Gasteiger partial charge in [-0.3, -0.25) is 4.79 Å². The molecule has 0 bridgehead atoms. The molecule has 1 fully saturated rings. The summed E-state index contributed by atoms with van der Waals surface area (Å²) < 4.78 is 0. The number of rotatable bonds is 3. The number of nitrogens with zero attached hydrogens (tertiary/aromatic N) is 5. The summed E-state index contributed by atoms with van der Waals surface area (Å²) in [6.45, 7) is 6.48. The molecule has 4 rings (SSSR count). The van der Waals surface area contributed by atoms with Crippen LogP contribution in [0.2, 0.25) is 0 Å². The summed E-state index contributed by atoms with van der Waals surface area (Å²) in [6, 6.07) is 10.1. The lowest BCUT2D eigenvalue weighted by atomic mass is 10.1. The van der Waals surface area contributed by atoms with Crippen molar-refractivity contribution in [2.75, 3.05) is 38.1 Å². The molecule has 2 aliphatic heterocycles. The van der Waals surface area contributed by atoms with Gasteiger partial charge in [0.2, 0.25) is 5.95 Å². The second-order valence-electron chi connectivity index (χ2n) is 6.84. The molecule has 1 aromatic carbocycles. The van der Waals surface area contributed by atoms with Gasteiger partial charge in [0.25, 0.3) is 5.91 Å². The fraction of sp³-hybridized carbons (Fsp3) is 0.421. The number of carbonyl (C=O) groups excluding carboxylic acids is 1. The van der Waals surface area contributed by atoms with Crippen molar-refractivity contribution in [1.29, 1.82) is 0 Å². The second kappa shape index (κ2) is 6.44. The monoisotopic (exact) mass is 337 g/mol. The number of carbonyl (C=O) groups is 1. The van der Waals surface area contributed by atoms with Crippen LogP contribution in [0.25, 0.3) is 0 Å². The third kappa shape index (κ3) is 2.98. The third-order valence-electron chi connectivity index (χ3n) is 5.20. The Balaban J connectivity index is 1.55. The Morgan fingerprint density at radius 2 is 1.80 bits per heavy atom. The molecule has 1 aromatic heterocycles. The van der Waals surface area contributed by atoms with Gasteiger partial charge in [-0.25, -0.2) is 9.97 Å². The molecule has 25 heavy (non-hydrogen) atoms. The molecule has 0 saturated carbocycles. The maximum Gasteiger partial charge on any atom is 0.258 e. The van der Waals surface area contributed by atoms with E-state index in [9.17, 15) is 4.79 Å². The predicted molar refractivity (Wildman–Crippen MR) is 96.5 cm³/mol. The quantitative estimate of drug-likeness (QED) is 0.857. The van der Waals surface area contributed by atoms with Crippen LogP contribution < -0.4 is 4.90 Å². The minimum Gasteiger partial charge on any atom is -0.338 e. The standard InChI is InChI=1S/C19H23N5O/c1-14(15-6-4-3-5-7-15)24-13-17-16(18(24)25)12-20-19(21-17)23-10-8-22(2)9-11-23/h3-7,12,14H,8-11,13H2,1-2H3. The van der Waals surface area contributed by atoms with Crippen molar-refractivity contribution in [1.82, 2.24) is 19.8 Å². The van der Waals surface area contributed by atoms with Crippen molar-refractivity contribution in [2.45, 2.75) is 19.5 Å². The number of amides is 1. The van der Waals surface area contributed by atoms with Gasteiger partial charge in [-0.1, -0.05) is 30.3 Å². The first kappa shape index (κ1) is 16.0. The zero-order valence-corrected chi connectivity index (χ0v) is 14.7. The Morgan fingerprint density at radius 1 is 1.08 bits per heavy atom. The molecule has 3 heterocycles. The smallest absolute Gasteiger partial charge is 0.258 e. The number of aromatic nitrogens is 2. The number of piperazine rings is 1. The van der Waals surface area contributed by atoms with E-state index in [-0.39, 0.29) is 11.9 Å². The molecule has 6 heteroatoms. The van der Waals surface area contributed by atoms with Crippen LogP contribution in [0.15, 0.2) is 36.5 Å². The van der Waals surface area contributed by atoms with Crippen LogP contribution in [0.5, 0.6) is 0 Å². The molecular formula is C19H23N5O. The topological polar surface area (TPSA) is 52.6 Å². The Morgan fingerprint density at radius 3 is 2.52 bits per heavy atom. The maximum absolute atomic E-state index is 12.8. The largest absolute Gasteiger partial charge is 0.338 e. The lowest BCUT2D eigenvalue weighted by Gasteiger charge is -2.32. The highest BCUT2D eigenvalue weighted by atomic mass is 16.2. The van der Waals surface area contributed by atoms with Gasteiger partial charge in [0.1, 0.15) is 0 Å². The van der Waals surface area contributed by atoms with Crippen LogP contribution in [0.3, 0.4) is 0 Å². The van der Waals surface area contributed by atoms with Crippen molar-refractivity contribution in [2.24, 2.45) is 0 Å².